The molecule has 0 spiro atoms. The topological polar surface area (TPSA) is 54.4 Å². The third-order valence-corrected chi connectivity index (χ3v) is 4.54. The summed E-state index contributed by atoms with van der Waals surface area (Å²) in [5, 5.41) is 8.97. The first-order chi connectivity index (χ1) is 12.4. The average Bonchev–Trinajstić information content (AvgIpc) is 2.58. The van der Waals surface area contributed by atoms with Crippen molar-refractivity contribution in [1.82, 2.24) is 0 Å². The molecule has 0 unspecified atom stereocenters. The molecule has 0 bridgehead atoms. The van der Waals surface area contributed by atoms with Gasteiger partial charge in [0.15, 0.2) is 5.78 Å². The zero-order valence-electron chi connectivity index (χ0n) is 17.0. The molecule has 0 aromatic heterocycles. The largest absolute Gasteiger partial charge is 0.478 e. The molecule has 0 fully saturated rings. The predicted molar refractivity (Wildman–Crippen MR) is 111 cm³/mol. The molecule has 0 aliphatic heterocycles. The Labute approximate surface area is 161 Å². The second kappa shape index (κ2) is 7.51. The van der Waals surface area contributed by atoms with E-state index in [9.17, 15) is 9.59 Å². The Hall–Kier alpha value is -2.68. The molecule has 0 saturated heterocycles. The Kier molecular flexibility index (Phi) is 5.74. The summed E-state index contributed by atoms with van der Waals surface area (Å²) in [4.78, 5) is 23.9. The monoisotopic (exact) mass is 364 g/mol. The third kappa shape index (κ3) is 5.16. The molecule has 0 atom stereocenters. The lowest BCUT2D eigenvalue weighted by Crippen LogP contribution is -2.19. The standard InChI is InChI=1S/C24H28O3/c1-23(2,3)18-12-13-20(24(4,5)6)19(15-18)21(25)14-9-16-7-10-17(11-8-16)22(26)27/h7-15H,1-6H3,(H,26,27)/b14-9+. The van der Waals surface area contributed by atoms with Gasteiger partial charge in [-0.15, -0.1) is 0 Å². The lowest BCUT2D eigenvalue weighted by atomic mass is 9.78. The number of carbonyl (C=O) groups excluding carboxylic acids is 1. The van der Waals surface area contributed by atoms with E-state index < -0.39 is 5.97 Å². The van der Waals surface area contributed by atoms with Gasteiger partial charge in [-0.05, 0) is 51.8 Å². The van der Waals surface area contributed by atoms with Crippen LogP contribution in [0.4, 0.5) is 0 Å². The van der Waals surface area contributed by atoms with Crippen LogP contribution in [-0.2, 0) is 10.8 Å². The van der Waals surface area contributed by atoms with Gasteiger partial charge in [0.1, 0.15) is 0 Å². The van der Waals surface area contributed by atoms with Crippen LogP contribution in [-0.4, -0.2) is 16.9 Å². The van der Waals surface area contributed by atoms with Crippen molar-refractivity contribution >= 4 is 17.8 Å². The van der Waals surface area contributed by atoms with Crippen LogP contribution < -0.4 is 0 Å². The van der Waals surface area contributed by atoms with Crippen molar-refractivity contribution in [2.24, 2.45) is 0 Å². The molecule has 0 aliphatic rings. The molecule has 0 radical (unpaired) electrons. The summed E-state index contributed by atoms with van der Waals surface area (Å²) in [6, 6.07) is 12.6. The van der Waals surface area contributed by atoms with Crippen LogP contribution in [0.15, 0.2) is 48.5 Å². The Morgan fingerprint density at radius 2 is 1.44 bits per heavy atom. The van der Waals surface area contributed by atoms with Crippen molar-refractivity contribution in [2.45, 2.75) is 52.4 Å². The molecule has 0 saturated carbocycles. The van der Waals surface area contributed by atoms with Gasteiger partial charge >= 0.3 is 5.97 Å². The van der Waals surface area contributed by atoms with E-state index in [1.165, 1.54) is 12.1 Å². The summed E-state index contributed by atoms with van der Waals surface area (Å²) in [6.07, 6.45) is 3.29. The molecule has 2 aromatic carbocycles. The lowest BCUT2D eigenvalue weighted by molar-refractivity contribution is 0.0696. The molecule has 142 valence electrons. The van der Waals surface area contributed by atoms with Crippen molar-refractivity contribution < 1.29 is 14.7 Å². The van der Waals surface area contributed by atoms with E-state index >= 15 is 0 Å². The number of carboxylic acids is 1. The maximum atomic E-state index is 13.0. The number of ketones is 1. The smallest absolute Gasteiger partial charge is 0.335 e. The van der Waals surface area contributed by atoms with Crippen molar-refractivity contribution in [3.05, 3.63) is 76.4 Å². The van der Waals surface area contributed by atoms with Crippen LogP contribution in [0.3, 0.4) is 0 Å². The average molecular weight is 364 g/mol. The zero-order chi connectivity index (χ0) is 20.4. The molecular formula is C24H28O3. The van der Waals surface area contributed by atoms with Gasteiger partial charge in [0.05, 0.1) is 5.56 Å². The van der Waals surface area contributed by atoms with E-state index in [1.807, 2.05) is 6.07 Å². The summed E-state index contributed by atoms with van der Waals surface area (Å²) in [5.74, 6) is -1.01. The van der Waals surface area contributed by atoms with Crippen LogP contribution >= 0.6 is 0 Å². The van der Waals surface area contributed by atoms with E-state index in [0.717, 1.165) is 16.7 Å². The number of carbonyl (C=O) groups is 2. The third-order valence-electron chi connectivity index (χ3n) is 4.54. The second-order valence-corrected chi connectivity index (χ2v) is 8.89. The number of hydrogen-bond donors (Lipinski definition) is 1. The van der Waals surface area contributed by atoms with E-state index in [2.05, 4.69) is 53.7 Å². The Balaban J connectivity index is 2.39. The minimum absolute atomic E-state index is 0.0399. The second-order valence-electron chi connectivity index (χ2n) is 8.89. The number of benzene rings is 2. The predicted octanol–water partition coefficient (Wildman–Crippen LogP) is 5.88. The van der Waals surface area contributed by atoms with Crippen LogP contribution in [0.25, 0.3) is 6.08 Å². The molecule has 2 rings (SSSR count). The van der Waals surface area contributed by atoms with Crippen LogP contribution in [0.5, 0.6) is 0 Å². The number of hydrogen-bond acceptors (Lipinski definition) is 2. The van der Waals surface area contributed by atoms with Crippen molar-refractivity contribution in [3.63, 3.8) is 0 Å². The number of carboxylic acid groups (broad SMARTS) is 1. The summed E-state index contributed by atoms with van der Waals surface area (Å²) in [6.45, 7) is 12.7. The van der Waals surface area contributed by atoms with E-state index in [0.29, 0.717) is 5.56 Å². The highest BCUT2D eigenvalue weighted by atomic mass is 16.4. The Bertz CT molecular complexity index is 873. The first-order valence-corrected chi connectivity index (χ1v) is 9.10. The summed E-state index contributed by atoms with van der Waals surface area (Å²) in [7, 11) is 0. The van der Waals surface area contributed by atoms with Gasteiger partial charge in [-0.3, -0.25) is 4.79 Å². The lowest BCUT2D eigenvalue weighted by Gasteiger charge is -2.26. The fraction of sp³-hybridized carbons (Fsp3) is 0.333. The molecule has 27 heavy (non-hydrogen) atoms. The van der Waals surface area contributed by atoms with Crippen molar-refractivity contribution in [2.75, 3.05) is 0 Å². The molecule has 1 N–H and O–H groups in total. The maximum Gasteiger partial charge on any atom is 0.335 e. The zero-order valence-corrected chi connectivity index (χ0v) is 17.0. The van der Waals surface area contributed by atoms with E-state index in [-0.39, 0.29) is 22.2 Å². The van der Waals surface area contributed by atoms with Gasteiger partial charge in [-0.1, -0.05) is 71.9 Å². The van der Waals surface area contributed by atoms with E-state index in [1.54, 1.807) is 24.3 Å². The molecule has 0 amide bonds. The molecule has 3 heteroatoms. The molecule has 0 aliphatic carbocycles. The number of allylic oxidation sites excluding steroid dienone is 1. The first kappa shape index (κ1) is 20.6. The fourth-order valence-corrected chi connectivity index (χ4v) is 2.87. The van der Waals surface area contributed by atoms with Gasteiger partial charge in [-0.25, -0.2) is 4.79 Å². The van der Waals surface area contributed by atoms with E-state index in [4.69, 9.17) is 5.11 Å². The fourth-order valence-electron chi connectivity index (χ4n) is 2.87. The normalized spacial score (nSPS) is 12.4. The molecule has 3 nitrogen and oxygen atoms in total. The highest BCUT2D eigenvalue weighted by Crippen LogP contribution is 2.31. The summed E-state index contributed by atoms with van der Waals surface area (Å²) < 4.78 is 0. The molecule has 0 heterocycles. The van der Waals surface area contributed by atoms with Gasteiger partial charge < -0.3 is 5.11 Å². The van der Waals surface area contributed by atoms with Gasteiger partial charge in [0.25, 0.3) is 0 Å². The Morgan fingerprint density at radius 1 is 0.852 bits per heavy atom. The van der Waals surface area contributed by atoms with Crippen molar-refractivity contribution in [1.29, 1.82) is 0 Å². The van der Waals surface area contributed by atoms with Crippen LogP contribution in [0, 0.1) is 0 Å². The number of aromatic carboxylic acids is 1. The van der Waals surface area contributed by atoms with Crippen LogP contribution in [0.2, 0.25) is 0 Å². The van der Waals surface area contributed by atoms with Gasteiger partial charge in [0.2, 0.25) is 0 Å². The molecular weight excluding hydrogens is 336 g/mol. The van der Waals surface area contributed by atoms with Crippen molar-refractivity contribution in [3.8, 4) is 0 Å². The summed E-state index contributed by atoms with van der Waals surface area (Å²) in [5.41, 5.74) is 3.70. The van der Waals surface area contributed by atoms with Crippen LogP contribution in [0.1, 0.15) is 78.9 Å². The quantitative estimate of drug-likeness (QED) is 0.545. The maximum absolute atomic E-state index is 13.0. The highest BCUT2D eigenvalue weighted by Gasteiger charge is 2.23. The number of rotatable bonds is 4. The SMILES string of the molecule is CC(C)(C)c1ccc(C(C)(C)C)c(C(=O)/C=C/c2ccc(C(=O)O)cc2)c1. The Morgan fingerprint density at radius 3 is 1.93 bits per heavy atom. The minimum Gasteiger partial charge on any atom is -0.478 e. The van der Waals surface area contributed by atoms with Gasteiger partial charge in [0, 0.05) is 5.56 Å². The summed E-state index contributed by atoms with van der Waals surface area (Å²) >= 11 is 0. The highest BCUT2D eigenvalue weighted by molar-refractivity contribution is 6.08. The first-order valence-electron chi connectivity index (χ1n) is 9.10. The minimum atomic E-state index is -0.963. The van der Waals surface area contributed by atoms with Gasteiger partial charge in [-0.2, -0.15) is 0 Å². The molecule has 2 aromatic rings.